The number of carboxylic acids is 1. The van der Waals surface area contributed by atoms with Crippen LogP contribution in [0.2, 0.25) is 0 Å². The van der Waals surface area contributed by atoms with Gasteiger partial charge in [-0.3, -0.25) is 14.9 Å². The van der Waals surface area contributed by atoms with Crippen LogP contribution in [0.5, 0.6) is 0 Å². The molecule has 1 atom stereocenters. The highest BCUT2D eigenvalue weighted by atomic mass is 16.6. The Morgan fingerprint density at radius 2 is 2.13 bits per heavy atom. The van der Waals surface area contributed by atoms with Crippen molar-refractivity contribution in [3.63, 3.8) is 0 Å². The van der Waals surface area contributed by atoms with Gasteiger partial charge in [-0.1, -0.05) is 19.8 Å². The van der Waals surface area contributed by atoms with E-state index in [1.54, 1.807) is 0 Å². The van der Waals surface area contributed by atoms with E-state index in [2.05, 4.69) is 5.32 Å². The number of fused-ring (bicyclic) bond motifs is 1. The van der Waals surface area contributed by atoms with Crippen LogP contribution in [0.4, 0.5) is 5.69 Å². The molecule has 8 nitrogen and oxygen atoms in total. The van der Waals surface area contributed by atoms with E-state index >= 15 is 0 Å². The molecule has 0 aliphatic carbocycles. The van der Waals surface area contributed by atoms with Crippen LogP contribution in [0.25, 0.3) is 11.0 Å². The lowest BCUT2D eigenvalue weighted by molar-refractivity contribution is -0.384. The van der Waals surface area contributed by atoms with Crippen molar-refractivity contribution in [2.45, 2.75) is 32.2 Å². The van der Waals surface area contributed by atoms with Crippen LogP contribution in [0, 0.1) is 10.1 Å². The minimum Gasteiger partial charge on any atom is -0.480 e. The Morgan fingerprint density at radius 1 is 1.39 bits per heavy atom. The normalized spacial score (nSPS) is 12.0. The molecule has 1 amide bonds. The molecule has 1 aromatic heterocycles. The summed E-state index contributed by atoms with van der Waals surface area (Å²) in [4.78, 5) is 33.4. The summed E-state index contributed by atoms with van der Waals surface area (Å²) >= 11 is 0. The van der Waals surface area contributed by atoms with E-state index in [9.17, 15) is 19.7 Å². The summed E-state index contributed by atoms with van der Waals surface area (Å²) < 4.78 is 5.32. The summed E-state index contributed by atoms with van der Waals surface area (Å²) in [6.07, 6.45) is 1.81. The van der Waals surface area contributed by atoms with E-state index in [0.717, 1.165) is 6.42 Å². The van der Waals surface area contributed by atoms with Gasteiger partial charge in [-0.25, -0.2) is 4.79 Å². The number of nitro groups is 1. The van der Waals surface area contributed by atoms with Crippen LogP contribution in [0.15, 0.2) is 28.7 Å². The molecule has 0 radical (unpaired) electrons. The number of amides is 1. The molecule has 2 aromatic rings. The lowest BCUT2D eigenvalue weighted by atomic mass is 10.1. The number of furan rings is 1. The third-order valence-corrected chi connectivity index (χ3v) is 3.38. The number of nitro benzene ring substituents is 1. The number of carboxylic acid groups (broad SMARTS) is 1. The molecule has 8 heteroatoms. The molecule has 0 fully saturated rings. The first-order valence-electron chi connectivity index (χ1n) is 7.14. The van der Waals surface area contributed by atoms with E-state index in [0.29, 0.717) is 23.8 Å². The van der Waals surface area contributed by atoms with Crippen LogP contribution in [0.1, 0.15) is 36.7 Å². The number of carbonyl (C=O) groups is 2. The zero-order valence-electron chi connectivity index (χ0n) is 12.4. The SMILES string of the molecule is CCCC[C@H](NC(=O)c1cc2cc([N+](=O)[O-])ccc2o1)C(=O)O. The molecule has 0 spiro atoms. The minimum atomic E-state index is -1.11. The second-order valence-electron chi connectivity index (χ2n) is 5.10. The van der Waals surface area contributed by atoms with Gasteiger partial charge in [0, 0.05) is 17.5 Å². The van der Waals surface area contributed by atoms with E-state index < -0.39 is 22.8 Å². The highest BCUT2D eigenvalue weighted by molar-refractivity contribution is 5.98. The summed E-state index contributed by atoms with van der Waals surface area (Å²) in [7, 11) is 0. The monoisotopic (exact) mass is 320 g/mol. The summed E-state index contributed by atoms with van der Waals surface area (Å²) in [5, 5.41) is 22.7. The van der Waals surface area contributed by atoms with Gasteiger partial charge in [0.1, 0.15) is 11.6 Å². The lowest BCUT2D eigenvalue weighted by Crippen LogP contribution is -2.40. The Labute approximate surface area is 131 Å². The zero-order valence-corrected chi connectivity index (χ0v) is 12.4. The Kier molecular flexibility index (Phi) is 4.95. The standard InChI is InChI=1S/C15H16N2O6/c1-2-3-4-11(15(19)20)16-14(18)13-8-9-7-10(17(21)22)5-6-12(9)23-13/h5-8,11H,2-4H2,1H3,(H,16,18)(H,19,20)/t11-/m0/s1. The number of nitrogens with one attached hydrogen (secondary N) is 1. The highest BCUT2D eigenvalue weighted by Gasteiger charge is 2.22. The molecular formula is C15H16N2O6. The van der Waals surface area contributed by atoms with Crippen molar-refractivity contribution in [1.29, 1.82) is 0 Å². The average Bonchev–Trinajstić information content (AvgIpc) is 2.93. The third-order valence-electron chi connectivity index (χ3n) is 3.38. The van der Waals surface area contributed by atoms with Crippen molar-refractivity contribution < 1.29 is 24.0 Å². The van der Waals surface area contributed by atoms with Gasteiger partial charge in [-0.05, 0) is 18.6 Å². The smallest absolute Gasteiger partial charge is 0.326 e. The molecular weight excluding hydrogens is 304 g/mol. The van der Waals surface area contributed by atoms with Gasteiger partial charge in [0.2, 0.25) is 0 Å². The number of hydrogen-bond acceptors (Lipinski definition) is 5. The maximum Gasteiger partial charge on any atom is 0.326 e. The number of rotatable bonds is 7. The predicted molar refractivity (Wildman–Crippen MR) is 81.3 cm³/mol. The molecule has 2 N–H and O–H groups in total. The third kappa shape index (κ3) is 3.85. The van der Waals surface area contributed by atoms with Gasteiger partial charge in [-0.15, -0.1) is 0 Å². The number of aliphatic carboxylic acids is 1. The predicted octanol–water partition coefficient (Wildman–Crippen LogP) is 2.71. The first-order valence-corrected chi connectivity index (χ1v) is 7.14. The number of hydrogen-bond donors (Lipinski definition) is 2. The van der Waals surface area contributed by atoms with E-state index in [-0.39, 0.29) is 11.4 Å². The van der Waals surface area contributed by atoms with Gasteiger partial charge in [-0.2, -0.15) is 0 Å². The number of carbonyl (C=O) groups excluding carboxylic acids is 1. The van der Waals surface area contributed by atoms with Gasteiger partial charge >= 0.3 is 5.97 Å². The zero-order chi connectivity index (χ0) is 17.0. The van der Waals surface area contributed by atoms with Crippen LogP contribution >= 0.6 is 0 Å². The van der Waals surface area contributed by atoms with Crippen LogP contribution in [0.3, 0.4) is 0 Å². The van der Waals surface area contributed by atoms with Crippen molar-refractivity contribution in [2.75, 3.05) is 0 Å². The molecule has 0 unspecified atom stereocenters. The summed E-state index contributed by atoms with van der Waals surface area (Å²) in [5.74, 6) is -1.85. The van der Waals surface area contributed by atoms with Gasteiger partial charge < -0.3 is 14.8 Å². The Balaban J connectivity index is 2.20. The molecule has 122 valence electrons. The van der Waals surface area contributed by atoms with Crippen molar-refractivity contribution >= 4 is 28.5 Å². The molecule has 0 saturated carbocycles. The van der Waals surface area contributed by atoms with Crippen LogP contribution < -0.4 is 5.32 Å². The summed E-state index contributed by atoms with van der Waals surface area (Å²) in [6, 6.07) is 4.33. The van der Waals surface area contributed by atoms with E-state index in [1.165, 1.54) is 24.3 Å². The Hall–Kier alpha value is -2.90. The van der Waals surface area contributed by atoms with Crippen molar-refractivity contribution in [1.82, 2.24) is 5.32 Å². The Bertz CT molecular complexity index is 752. The second-order valence-corrected chi connectivity index (χ2v) is 5.10. The molecule has 0 aliphatic rings. The Morgan fingerprint density at radius 3 is 2.74 bits per heavy atom. The van der Waals surface area contributed by atoms with E-state index in [4.69, 9.17) is 9.52 Å². The molecule has 2 rings (SSSR count). The van der Waals surface area contributed by atoms with Gasteiger partial charge in [0.15, 0.2) is 5.76 Å². The first kappa shape index (κ1) is 16.5. The fraction of sp³-hybridized carbons (Fsp3) is 0.333. The number of unbranched alkanes of at least 4 members (excludes halogenated alkanes) is 1. The maximum absolute atomic E-state index is 12.1. The number of nitrogens with zero attached hydrogens (tertiary/aromatic N) is 1. The average molecular weight is 320 g/mol. The molecule has 0 bridgehead atoms. The lowest BCUT2D eigenvalue weighted by Gasteiger charge is -2.12. The largest absolute Gasteiger partial charge is 0.480 e. The van der Waals surface area contributed by atoms with Crippen molar-refractivity contribution in [2.24, 2.45) is 0 Å². The highest BCUT2D eigenvalue weighted by Crippen LogP contribution is 2.24. The van der Waals surface area contributed by atoms with Crippen molar-refractivity contribution in [3.05, 3.63) is 40.1 Å². The number of benzene rings is 1. The maximum atomic E-state index is 12.1. The molecule has 1 aromatic carbocycles. The molecule has 0 aliphatic heterocycles. The molecule has 23 heavy (non-hydrogen) atoms. The number of non-ortho nitro benzene ring substituents is 1. The quantitative estimate of drug-likeness (QED) is 0.597. The van der Waals surface area contributed by atoms with Crippen molar-refractivity contribution in [3.8, 4) is 0 Å². The summed E-state index contributed by atoms with van der Waals surface area (Å²) in [6.45, 7) is 1.92. The molecule has 0 saturated heterocycles. The fourth-order valence-electron chi connectivity index (χ4n) is 2.15. The first-order chi connectivity index (χ1) is 10.9. The van der Waals surface area contributed by atoms with Gasteiger partial charge in [0.25, 0.3) is 11.6 Å². The minimum absolute atomic E-state index is 0.0803. The fourth-order valence-corrected chi connectivity index (χ4v) is 2.15. The van der Waals surface area contributed by atoms with Gasteiger partial charge in [0.05, 0.1) is 4.92 Å². The molecule has 1 heterocycles. The second kappa shape index (κ2) is 6.91. The summed E-state index contributed by atoms with van der Waals surface area (Å²) in [5.41, 5.74) is 0.206. The van der Waals surface area contributed by atoms with E-state index in [1.807, 2.05) is 6.92 Å². The van der Waals surface area contributed by atoms with Crippen LogP contribution in [-0.4, -0.2) is 27.9 Å². The topological polar surface area (TPSA) is 123 Å². The van der Waals surface area contributed by atoms with Crippen LogP contribution in [-0.2, 0) is 4.79 Å².